The van der Waals surface area contributed by atoms with Gasteiger partial charge in [-0.2, -0.15) is 5.10 Å². The predicted octanol–water partition coefficient (Wildman–Crippen LogP) is 2.99. The molecule has 0 atom stereocenters. The average molecular weight is 273 g/mol. The molecule has 0 saturated heterocycles. The maximum absolute atomic E-state index is 6.02. The Kier molecular flexibility index (Phi) is 2.56. The van der Waals surface area contributed by atoms with Gasteiger partial charge >= 0.3 is 0 Å². The highest BCUT2D eigenvalue weighted by atomic mass is 79.9. The van der Waals surface area contributed by atoms with Gasteiger partial charge in [0.2, 0.25) is 0 Å². The Morgan fingerprint density at radius 1 is 1.36 bits per heavy atom. The molecule has 0 saturated carbocycles. The second kappa shape index (κ2) is 3.71. The van der Waals surface area contributed by atoms with Crippen LogP contribution in [0.1, 0.15) is 5.69 Å². The first-order chi connectivity index (χ1) is 6.68. The SMILES string of the molecule is Cc1ccnn1-c1nc(Br)ccc1Cl. The first-order valence-corrected chi connectivity index (χ1v) is 5.18. The van der Waals surface area contributed by atoms with E-state index in [0.29, 0.717) is 10.8 Å². The van der Waals surface area contributed by atoms with Crippen molar-refractivity contribution < 1.29 is 0 Å². The number of aryl methyl sites for hydroxylation is 1. The van der Waals surface area contributed by atoms with E-state index in [-0.39, 0.29) is 0 Å². The molecule has 0 amide bonds. The lowest BCUT2D eigenvalue weighted by molar-refractivity contribution is 0.815. The second-order valence-electron chi connectivity index (χ2n) is 2.82. The summed E-state index contributed by atoms with van der Waals surface area (Å²) in [6, 6.07) is 5.48. The molecule has 72 valence electrons. The zero-order valence-corrected chi connectivity index (χ0v) is 9.75. The van der Waals surface area contributed by atoms with Gasteiger partial charge in [0, 0.05) is 11.9 Å². The molecule has 2 rings (SSSR count). The molecule has 0 aliphatic carbocycles. The van der Waals surface area contributed by atoms with Crippen molar-refractivity contribution in [1.29, 1.82) is 0 Å². The molecule has 0 aliphatic heterocycles. The third-order valence-electron chi connectivity index (χ3n) is 1.83. The Morgan fingerprint density at radius 2 is 2.14 bits per heavy atom. The maximum atomic E-state index is 6.02. The fourth-order valence-corrected chi connectivity index (χ4v) is 1.63. The van der Waals surface area contributed by atoms with Crippen LogP contribution in [0.4, 0.5) is 0 Å². The van der Waals surface area contributed by atoms with E-state index >= 15 is 0 Å². The van der Waals surface area contributed by atoms with Crippen LogP contribution >= 0.6 is 27.5 Å². The van der Waals surface area contributed by atoms with Crippen LogP contribution in [0, 0.1) is 6.92 Å². The number of aromatic nitrogens is 3. The molecule has 0 unspecified atom stereocenters. The Bertz CT molecular complexity index is 467. The van der Waals surface area contributed by atoms with Crippen LogP contribution in [0.25, 0.3) is 5.82 Å². The van der Waals surface area contributed by atoms with E-state index < -0.39 is 0 Å². The highest BCUT2D eigenvalue weighted by Gasteiger charge is 2.07. The van der Waals surface area contributed by atoms with Crippen molar-refractivity contribution in [2.75, 3.05) is 0 Å². The van der Waals surface area contributed by atoms with Crippen molar-refractivity contribution in [3.63, 3.8) is 0 Å². The summed E-state index contributed by atoms with van der Waals surface area (Å²) in [6.45, 7) is 1.95. The summed E-state index contributed by atoms with van der Waals surface area (Å²) < 4.78 is 2.44. The monoisotopic (exact) mass is 271 g/mol. The smallest absolute Gasteiger partial charge is 0.173 e. The van der Waals surface area contributed by atoms with Gasteiger partial charge in [-0.15, -0.1) is 0 Å². The molecule has 3 nitrogen and oxygen atoms in total. The zero-order valence-electron chi connectivity index (χ0n) is 7.41. The van der Waals surface area contributed by atoms with E-state index in [1.807, 2.05) is 13.0 Å². The molecular formula is C9H7BrClN3. The number of hydrogen-bond donors (Lipinski definition) is 0. The molecule has 2 aromatic rings. The van der Waals surface area contributed by atoms with Gasteiger partial charge < -0.3 is 0 Å². The highest BCUT2D eigenvalue weighted by Crippen LogP contribution is 2.21. The van der Waals surface area contributed by atoms with Gasteiger partial charge in [0.1, 0.15) is 4.60 Å². The van der Waals surface area contributed by atoms with Crippen molar-refractivity contribution in [2.45, 2.75) is 6.92 Å². The quantitative estimate of drug-likeness (QED) is 0.747. The third kappa shape index (κ3) is 1.67. The lowest BCUT2D eigenvalue weighted by Crippen LogP contribution is -2.02. The molecule has 2 heterocycles. The number of pyridine rings is 1. The van der Waals surface area contributed by atoms with E-state index in [1.165, 1.54) is 0 Å². The first kappa shape index (κ1) is 9.68. The number of nitrogens with zero attached hydrogens (tertiary/aromatic N) is 3. The summed E-state index contributed by atoms with van der Waals surface area (Å²) in [6.07, 6.45) is 1.72. The topological polar surface area (TPSA) is 30.7 Å². The van der Waals surface area contributed by atoms with Crippen molar-refractivity contribution in [3.8, 4) is 5.82 Å². The van der Waals surface area contributed by atoms with Crippen LogP contribution in [-0.4, -0.2) is 14.8 Å². The fourth-order valence-electron chi connectivity index (χ4n) is 1.15. The number of halogens is 2. The zero-order chi connectivity index (χ0) is 10.1. The van der Waals surface area contributed by atoms with E-state index in [1.54, 1.807) is 23.0 Å². The van der Waals surface area contributed by atoms with Gasteiger partial charge in [-0.25, -0.2) is 9.67 Å². The van der Waals surface area contributed by atoms with Crippen molar-refractivity contribution in [3.05, 3.63) is 39.7 Å². The Morgan fingerprint density at radius 3 is 2.79 bits per heavy atom. The van der Waals surface area contributed by atoms with Gasteiger partial charge in [-0.3, -0.25) is 0 Å². The molecule has 14 heavy (non-hydrogen) atoms. The van der Waals surface area contributed by atoms with Crippen LogP contribution in [0.15, 0.2) is 29.0 Å². The molecule has 0 fully saturated rings. The fraction of sp³-hybridized carbons (Fsp3) is 0.111. The molecule has 0 radical (unpaired) electrons. The Balaban J connectivity index is 2.62. The van der Waals surface area contributed by atoms with Crippen molar-refractivity contribution in [2.24, 2.45) is 0 Å². The van der Waals surface area contributed by atoms with E-state index in [9.17, 15) is 0 Å². The summed E-state index contributed by atoms with van der Waals surface area (Å²) in [5.74, 6) is 0.642. The van der Waals surface area contributed by atoms with E-state index in [2.05, 4.69) is 26.0 Å². The standard InChI is InChI=1S/C9H7BrClN3/c1-6-4-5-12-14(6)9-7(11)2-3-8(10)13-9/h2-5H,1H3. The molecule has 0 N–H and O–H groups in total. The van der Waals surface area contributed by atoms with Crippen molar-refractivity contribution >= 4 is 27.5 Å². The minimum Gasteiger partial charge on any atom is -0.220 e. The molecule has 2 aromatic heterocycles. The average Bonchev–Trinajstić information content (AvgIpc) is 2.56. The van der Waals surface area contributed by atoms with Gasteiger partial charge in [0.25, 0.3) is 0 Å². The lowest BCUT2D eigenvalue weighted by atomic mass is 10.4. The molecular weight excluding hydrogens is 265 g/mol. The van der Waals surface area contributed by atoms with Gasteiger partial charge in [0.15, 0.2) is 5.82 Å². The Hall–Kier alpha value is -0.870. The summed E-state index contributed by atoms with van der Waals surface area (Å²) in [7, 11) is 0. The molecule has 0 aliphatic rings. The molecule has 5 heteroatoms. The van der Waals surface area contributed by atoms with E-state index in [4.69, 9.17) is 11.6 Å². The maximum Gasteiger partial charge on any atom is 0.173 e. The van der Waals surface area contributed by atoms with Gasteiger partial charge in [0.05, 0.1) is 5.02 Å². The molecule has 0 bridgehead atoms. The van der Waals surface area contributed by atoms with Crippen LogP contribution in [0.2, 0.25) is 5.02 Å². The largest absolute Gasteiger partial charge is 0.220 e. The molecule has 0 spiro atoms. The van der Waals surface area contributed by atoms with Gasteiger partial charge in [-0.1, -0.05) is 11.6 Å². The van der Waals surface area contributed by atoms with Crippen LogP contribution in [-0.2, 0) is 0 Å². The Labute approximate surface area is 94.9 Å². The summed E-state index contributed by atoms with van der Waals surface area (Å²) in [5, 5.41) is 4.72. The predicted molar refractivity (Wildman–Crippen MR) is 58.8 cm³/mol. The first-order valence-electron chi connectivity index (χ1n) is 4.01. The number of hydrogen-bond acceptors (Lipinski definition) is 2. The van der Waals surface area contributed by atoms with Gasteiger partial charge in [-0.05, 0) is 41.1 Å². The van der Waals surface area contributed by atoms with Crippen molar-refractivity contribution in [1.82, 2.24) is 14.8 Å². The summed E-state index contributed by atoms with van der Waals surface area (Å²) >= 11 is 9.31. The number of rotatable bonds is 1. The summed E-state index contributed by atoms with van der Waals surface area (Å²) in [4.78, 5) is 4.26. The van der Waals surface area contributed by atoms with E-state index in [0.717, 1.165) is 10.3 Å². The van der Waals surface area contributed by atoms with Crippen LogP contribution in [0.5, 0.6) is 0 Å². The molecule has 0 aromatic carbocycles. The summed E-state index contributed by atoms with van der Waals surface area (Å²) in [5.41, 5.74) is 0.998. The lowest BCUT2D eigenvalue weighted by Gasteiger charge is -2.05. The van der Waals surface area contributed by atoms with Crippen LogP contribution in [0.3, 0.4) is 0 Å². The minimum atomic E-state index is 0.583. The van der Waals surface area contributed by atoms with Crippen LogP contribution < -0.4 is 0 Å². The third-order valence-corrected chi connectivity index (χ3v) is 2.56. The second-order valence-corrected chi connectivity index (χ2v) is 4.04. The normalized spacial score (nSPS) is 10.5. The minimum absolute atomic E-state index is 0.583. The highest BCUT2D eigenvalue weighted by molar-refractivity contribution is 9.10.